The van der Waals surface area contributed by atoms with Crippen LogP contribution in [0.3, 0.4) is 0 Å². The third-order valence-corrected chi connectivity index (χ3v) is 2.30. The molecule has 1 N–H and O–H groups in total. The molecule has 0 aromatic carbocycles. The van der Waals surface area contributed by atoms with Gasteiger partial charge in [-0.25, -0.2) is 0 Å². The summed E-state index contributed by atoms with van der Waals surface area (Å²) in [6, 6.07) is 2.09. The molecule has 0 spiro atoms. The first kappa shape index (κ1) is 11.4. The third-order valence-electron chi connectivity index (χ3n) is 2.30. The van der Waals surface area contributed by atoms with Crippen LogP contribution in [0.1, 0.15) is 27.7 Å². The van der Waals surface area contributed by atoms with E-state index in [0.29, 0.717) is 24.3 Å². The van der Waals surface area contributed by atoms with E-state index < -0.39 is 0 Å². The number of nitrogens with zero attached hydrogens (tertiary/aromatic N) is 1. The van der Waals surface area contributed by atoms with Crippen LogP contribution in [0.5, 0.6) is 0 Å². The lowest BCUT2D eigenvalue weighted by Crippen LogP contribution is -2.29. The molecule has 0 radical (unpaired) electrons. The molecule has 2 heteroatoms. The van der Waals surface area contributed by atoms with Gasteiger partial charge < -0.3 is 5.32 Å². The SMILES string of the molecule is CC(C)C(CNCC#N)C(C)C. The van der Waals surface area contributed by atoms with Gasteiger partial charge in [0.05, 0.1) is 12.6 Å². The highest BCUT2D eigenvalue weighted by molar-refractivity contribution is 4.76. The second kappa shape index (κ2) is 6.02. The van der Waals surface area contributed by atoms with Crippen LogP contribution < -0.4 is 5.32 Å². The minimum atomic E-state index is 0.468. The molecule has 0 amide bonds. The fourth-order valence-corrected chi connectivity index (χ4v) is 1.54. The molecular weight excluding hydrogens is 148 g/mol. The molecule has 0 bridgehead atoms. The molecule has 0 aliphatic heterocycles. The predicted molar refractivity (Wildman–Crippen MR) is 51.6 cm³/mol. The second-order valence-electron chi connectivity index (χ2n) is 3.94. The molecule has 0 aliphatic rings. The Labute approximate surface area is 76.0 Å². The average molecular weight is 168 g/mol. The number of nitrogens with one attached hydrogen (secondary N) is 1. The van der Waals surface area contributed by atoms with Gasteiger partial charge in [0.25, 0.3) is 0 Å². The normalized spacial score (nSPS) is 11.2. The number of rotatable bonds is 5. The molecule has 0 atom stereocenters. The lowest BCUT2D eigenvalue weighted by molar-refractivity contribution is 0.279. The fraction of sp³-hybridized carbons (Fsp3) is 0.900. The summed E-state index contributed by atoms with van der Waals surface area (Å²) in [6.45, 7) is 10.4. The minimum absolute atomic E-state index is 0.468. The van der Waals surface area contributed by atoms with Crippen LogP contribution >= 0.6 is 0 Å². The maximum atomic E-state index is 8.34. The van der Waals surface area contributed by atoms with Crippen molar-refractivity contribution in [3.63, 3.8) is 0 Å². The van der Waals surface area contributed by atoms with Crippen molar-refractivity contribution in [1.82, 2.24) is 5.32 Å². The summed E-state index contributed by atoms with van der Waals surface area (Å²) >= 11 is 0. The summed E-state index contributed by atoms with van der Waals surface area (Å²) in [4.78, 5) is 0. The van der Waals surface area contributed by atoms with Crippen molar-refractivity contribution in [3.8, 4) is 6.07 Å². The van der Waals surface area contributed by atoms with Crippen LogP contribution in [-0.4, -0.2) is 13.1 Å². The average Bonchev–Trinajstić information content (AvgIpc) is 1.96. The van der Waals surface area contributed by atoms with Gasteiger partial charge in [-0.3, -0.25) is 0 Å². The van der Waals surface area contributed by atoms with Crippen molar-refractivity contribution in [2.24, 2.45) is 17.8 Å². The zero-order valence-corrected chi connectivity index (χ0v) is 8.59. The molecule has 0 aromatic rings. The third kappa shape index (κ3) is 4.35. The Balaban J connectivity index is 3.74. The van der Waals surface area contributed by atoms with Gasteiger partial charge in [-0.1, -0.05) is 27.7 Å². The molecule has 0 heterocycles. The molecule has 0 saturated heterocycles. The van der Waals surface area contributed by atoms with Gasteiger partial charge in [-0.2, -0.15) is 5.26 Å². The molecular formula is C10H20N2. The predicted octanol–water partition coefficient (Wildman–Crippen LogP) is 2.03. The first-order valence-electron chi connectivity index (χ1n) is 4.67. The summed E-state index contributed by atoms with van der Waals surface area (Å²) in [5.41, 5.74) is 0. The lowest BCUT2D eigenvalue weighted by Gasteiger charge is -2.24. The summed E-state index contributed by atoms with van der Waals surface area (Å²) in [6.07, 6.45) is 0. The number of nitriles is 1. The van der Waals surface area contributed by atoms with Crippen molar-refractivity contribution in [2.45, 2.75) is 27.7 Å². The van der Waals surface area contributed by atoms with Crippen molar-refractivity contribution in [3.05, 3.63) is 0 Å². The van der Waals surface area contributed by atoms with E-state index in [1.165, 1.54) is 0 Å². The summed E-state index contributed by atoms with van der Waals surface area (Å²) in [5, 5.41) is 11.5. The Kier molecular flexibility index (Phi) is 5.74. The largest absolute Gasteiger partial charge is 0.304 e. The highest BCUT2D eigenvalue weighted by Gasteiger charge is 2.16. The van der Waals surface area contributed by atoms with Crippen molar-refractivity contribution in [1.29, 1.82) is 5.26 Å². The van der Waals surface area contributed by atoms with Gasteiger partial charge in [0.15, 0.2) is 0 Å². The standard InChI is InChI=1S/C10H20N2/c1-8(2)10(9(3)4)7-12-6-5-11/h8-10,12H,6-7H2,1-4H3. The first-order valence-corrected chi connectivity index (χ1v) is 4.67. The van der Waals surface area contributed by atoms with E-state index in [-0.39, 0.29) is 0 Å². The monoisotopic (exact) mass is 168 g/mol. The molecule has 70 valence electrons. The minimum Gasteiger partial charge on any atom is -0.304 e. The Morgan fingerprint density at radius 1 is 1.17 bits per heavy atom. The van der Waals surface area contributed by atoms with Crippen molar-refractivity contribution >= 4 is 0 Å². The van der Waals surface area contributed by atoms with Gasteiger partial charge in [0, 0.05) is 0 Å². The van der Waals surface area contributed by atoms with Crippen LogP contribution in [0.4, 0.5) is 0 Å². The summed E-state index contributed by atoms with van der Waals surface area (Å²) < 4.78 is 0. The molecule has 0 fully saturated rings. The van der Waals surface area contributed by atoms with Gasteiger partial charge in [0.1, 0.15) is 0 Å². The highest BCUT2D eigenvalue weighted by atomic mass is 14.9. The smallest absolute Gasteiger partial charge is 0.0841 e. The van der Waals surface area contributed by atoms with Crippen LogP contribution in [0.25, 0.3) is 0 Å². The Hall–Kier alpha value is -0.550. The molecule has 0 aromatic heterocycles. The van der Waals surface area contributed by atoms with Crippen molar-refractivity contribution < 1.29 is 0 Å². The van der Waals surface area contributed by atoms with E-state index in [9.17, 15) is 0 Å². The topological polar surface area (TPSA) is 35.8 Å². The highest BCUT2D eigenvalue weighted by Crippen LogP contribution is 2.18. The molecule has 0 saturated carbocycles. The second-order valence-corrected chi connectivity index (χ2v) is 3.94. The molecule has 12 heavy (non-hydrogen) atoms. The zero-order chi connectivity index (χ0) is 9.56. The van der Waals surface area contributed by atoms with E-state index in [4.69, 9.17) is 5.26 Å². The van der Waals surface area contributed by atoms with E-state index in [1.54, 1.807) is 0 Å². The van der Waals surface area contributed by atoms with Crippen molar-refractivity contribution in [2.75, 3.05) is 13.1 Å². The van der Waals surface area contributed by atoms with Crippen LogP contribution in [-0.2, 0) is 0 Å². The van der Waals surface area contributed by atoms with Crippen LogP contribution in [0.2, 0.25) is 0 Å². The number of hydrogen-bond acceptors (Lipinski definition) is 2. The summed E-state index contributed by atoms with van der Waals surface area (Å²) in [7, 11) is 0. The van der Waals surface area contributed by atoms with Gasteiger partial charge >= 0.3 is 0 Å². The van der Waals surface area contributed by atoms with Gasteiger partial charge in [-0.15, -0.1) is 0 Å². The van der Waals surface area contributed by atoms with E-state index in [0.717, 1.165) is 6.54 Å². The molecule has 0 unspecified atom stereocenters. The fourth-order valence-electron chi connectivity index (χ4n) is 1.54. The Morgan fingerprint density at radius 3 is 2.00 bits per heavy atom. The van der Waals surface area contributed by atoms with Gasteiger partial charge in [0.2, 0.25) is 0 Å². The first-order chi connectivity index (χ1) is 5.59. The molecule has 0 aliphatic carbocycles. The quantitative estimate of drug-likeness (QED) is 0.503. The van der Waals surface area contributed by atoms with E-state index in [2.05, 4.69) is 39.1 Å². The summed E-state index contributed by atoms with van der Waals surface area (Å²) in [5.74, 6) is 2.06. The maximum Gasteiger partial charge on any atom is 0.0841 e. The number of hydrogen-bond donors (Lipinski definition) is 1. The lowest BCUT2D eigenvalue weighted by atomic mass is 9.85. The van der Waals surface area contributed by atoms with Crippen LogP contribution in [0, 0.1) is 29.1 Å². The van der Waals surface area contributed by atoms with E-state index >= 15 is 0 Å². The zero-order valence-electron chi connectivity index (χ0n) is 8.59. The van der Waals surface area contributed by atoms with E-state index in [1.807, 2.05) is 0 Å². The molecule has 2 nitrogen and oxygen atoms in total. The maximum absolute atomic E-state index is 8.34. The molecule has 0 rings (SSSR count). The Morgan fingerprint density at radius 2 is 1.67 bits per heavy atom. The van der Waals surface area contributed by atoms with Gasteiger partial charge in [-0.05, 0) is 24.3 Å². The van der Waals surface area contributed by atoms with Crippen LogP contribution in [0.15, 0.2) is 0 Å². The Bertz CT molecular complexity index is 136.